The molecule has 0 spiro atoms. The lowest BCUT2D eigenvalue weighted by Crippen LogP contribution is -2.44. The Morgan fingerprint density at radius 1 is 1.40 bits per heavy atom. The molecule has 1 aliphatic rings. The Bertz CT molecular complexity index is 489. The number of rotatable bonds is 3. The van der Waals surface area contributed by atoms with Crippen LogP contribution in [0.1, 0.15) is 49.8 Å². The van der Waals surface area contributed by atoms with E-state index >= 15 is 0 Å². The van der Waals surface area contributed by atoms with Crippen molar-refractivity contribution in [1.82, 2.24) is 5.32 Å². The number of hydrogen-bond acceptors (Lipinski definition) is 2. The first-order chi connectivity index (χ1) is 9.49. The lowest BCUT2D eigenvalue weighted by atomic mass is 9.84. The second-order valence-corrected chi connectivity index (χ2v) is 5.79. The van der Waals surface area contributed by atoms with Gasteiger partial charge in [0.15, 0.2) is 0 Å². The van der Waals surface area contributed by atoms with Crippen molar-refractivity contribution in [3.05, 3.63) is 35.1 Å². The van der Waals surface area contributed by atoms with Crippen molar-refractivity contribution in [1.29, 1.82) is 0 Å². The molecular formula is C16H23FN2O. The average Bonchev–Trinajstić information content (AvgIpc) is 2.42. The molecular weight excluding hydrogens is 255 g/mol. The molecule has 2 rings (SSSR count). The fourth-order valence-electron chi connectivity index (χ4n) is 2.77. The second kappa shape index (κ2) is 6.35. The molecule has 3 unspecified atom stereocenters. The Labute approximate surface area is 119 Å². The summed E-state index contributed by atoms with van der Waals surface area (Å²) >= 11 is 0. The zero-order valence-corrected chi connectivity index (χ0v) is 12.2. The van der Waals surface area contributed by atoms with E-state index in [2.05, 4.69) is 5.32 Å². The molecule has 3 nitrogen and oxygen atoms in total. The predicted molar refractivity (Wildman–Crippen MR) is 77.6 cm³/mol. The highest BCUT2D eigenvalue weighted by atomic mass is 19.1. The van der Waals surface area contributed by atoms with Crippen LogP contribution in [0.15, 0.2) is 18.2 Å². The van der Waals surface area contributed by atoms with Gasteiger partial charge in [-0.25, -0.2) is 4.39 Å². The number of aryl methyl sites for hydroxylation is 1. The summed E-state index contributed by atoms with van der Waals surface area (Å²) in [5, 5.41) is 2.96. The molecule has 1 aromatic rings. The maximum atomic E-state index is 13.6. The minimum atomic E-state index is -0.238. The Morgan fingerprint density at radius 2 is 2.10 bits per heavy atom. The molecule has 1 aliphatic carbocycles. The number of amides is 1. The first-order valence-corrected chi connectivity index (χ1v) is 7.31. The largest absolute Gasteiger partial charge is 0.349 e. The third kappa shape index (κ3) is 3.37. The normalized spacial score (nSPS) is 24.2. The van der Waals surface area contributed by atoms with Crippen LogP contribution in [-0.4, -0.2) is 11.9 Å². The van der Waals surface area contributed by atoms with Crippen LogP contribution in [-0.2, 0) is 4.79 Å². The Hall–Kier alpha value is -1.42. The van der Waals surface area contributed by atoms with Gasteiger partial charge in [-0.05, 0) is 43.9 Å². The van der Waals surface area contributed by atoms with E-state index in [-0.39, 0.29) is 29.7 Å². The van der Waals surface area contributed by atoms with Crippen LogP contribution in [0.2, 0.25) is 0 Å². The molecule has 20 heavy (non-hydrogen) atoms. The number of carbonyl (C=O) groups is 1. The highest BCUT2D eigenvalue weighted by molar-refractivity contribution is 5.79. The van der Waals surface area contributed by atoms with Gasteiger partial charge < -0.3 is 11.1 Å². The minimum Gasteiger partial charge on any atom is -0.349 e. The summed E-state index contributed by atoms with van der Waals surface area (Å²) in [6, 6.07) is 4.82. The molecule has 0 heterocycles. The standard InChI is InChI=1S/C16H23FN2O/c1-10-7-8-12(9-14(10)17)11(2)19-16(20)13-5-3-4-6-15(13)18/h7-9,11,13,15H,3-6,18H2,1-2H3,(H,19,20). The molecule has 0 saturated heterocycles. The smallest absolute Gasteiger partial charge is 0.225 e. The Kier molecular flexibility index (Phi) is 4.76. The molecule has 0 aliphatic heterocycles. The summed E-state index contributed by atoms with van der Waals surface area (Å²) in [6.07, 6.45) is 3.91. The van der Waals surface area contributed by atoms with Gasteiger partial charge in [-0.2, -0.15) is 0 Å². The van der Waals surface area contributed by atoms with Crippen molar-refractivity contribution in [3.8, 4) is 0 Å². The molecule has 0 bridgehead atoms. The zero-order valence-electron chi connectivity index (χ0n) is 12.2. The second-order valence-electron chi connectivity index (χ2n) is 5.79. The first-order valence-electron chi connectivity index (χ1n) is 7.31. The quantitative estimate of drug-likeness (QED) is 0.893. The number of halogens is 1. The maximum absolute atomic E-state index is 13.6. The molecule has 0 aromatic heterocycles. The van der Waals surface area contributed by atoms with E-state index in [4.69, 9.17) is 5.73 Å². The average molecular weight is 278 g/mol. The van der Waals surface area contributed by atoms with Gasteiger partial charge in [-0.15, -0.1) is 0 Å². The van der Waals surface area contributed by atoms with Crippen molar-refractivity contribution in [2.45, 2.75) is 51.6 Å². The van der Waals surface area contributed by atoms with Crippen LogP contribution in [0.4, 0.5) is 4.39 Å². The molecule has 0 radical (unpaired) electrons. The van der Waals surface area contributed by atoms with Crippen LogP contribution < -0.4 is 11.1 Å². The summed E-state index contributed by atoms with van der Waals surface area (Å²) in [5.74, 6) is -0.356. The zero-order chi connectivity index (χ0) is 14.7. The lowest BCUT2D eigenvalue weighted by Gasteiger charge is -2.28. The van der Waals surface area contributed by atoms with E-state index in [1.54, 1.807) is 13.0 Å². The van der Waals surface area contributed by atoms with Gasteiger partial charge >= 0.3 is 0 Å². The van der Waals surface area contributed by atoms with Crippen LogP contribution in [0.25, 0.3) is 0 Å². The predicted octanol–water partition coefficient (Wildman–Crippen LogP) is 2.83. The van der Waals surface area contributed by atoms with Gasteiger partial charge in [-0.3, -0.25) is 4.79 Å². The number of benzene rings is 1. The number of carbonyl (C=O) groups excluding carboxylic acids is 1. The molecule has 4 heteroatoms. The monoisotopic (exact) mass is 278 g/mol. The SMILES string of the molecule is Cc1ccc(C(C)NC(=O)C2CCCCC2N)cc1F. The van der Waals surface area contributed by atoms with Crippen molar-refractivity contribution in [3.63, 3.8) is 0 Å². The van der Waals surface area contributed by atoms with E-state index in [1.807, 2.05) is 13.0 Å². The topological polar surface area (TPSA) is 55.1 Å². The molecule has 3 N–H and O–H groups in total. The van der Waals surface area contributed by atoms with Gasteiger partial charge in [0, 0.05) is 6.04 Å². The number of nitrogens with two attached hydrogens (primary N) is 1. The van der Waals surface area contributed by atoms with E-state index in [1.165, 1.54) is 6.07 Å². The van der Waals surface area contributed by atoms with Crippen molar-refractivity contribution < 1.29 is 9.18 Å². The van der Waals surface area contributed by atoms with E-state index in [9.17, 15) is 9.18 Å². The van der Waals surface area contributed by atoms with E-state index < -0.39 is 0 Å². The fraction of sp³-hybridized carbons (Fsp3) is 0.562. The van der Waals surface area contributed by atoms with Crippen molar-refractivity contribution in [2.75, 3.05) is 0 Å². The molecule has 3 atom stereocenters. The lowest BCUT2D eigenvalue weighted by molar-refractivity contribution is -0.127. The van der Waals surface area contributed by atoms with Gasteiger partial charge in [0.25, 0.3) is 0 Å². The molecule has 110 valence electrons. The van der Waals surface area contributed by atoms with E-state index in [0.29, 0.717) is 5.56 Å². The van der Waals surface area contributed by atoms with E-state index in [0.717, 1.165) is 31.2 Å². The van der Waals surface area contributed by atoms with Crippen LogP contribution in [0, 0.1) is 18.7 Å². The summed E-state index contributed by atoms with van der Waals surface area (Å²) in [6.45, 7) is 3.60. The highest BCUT2D eigenvalue weighted by Crippen LogP contribution is 2.24. The highest BCUT2D eigenvalue weighted by Gasteiger charge is 2.29. The molecule has 1 saturated carbocycles. The summed E-state index contributed by atoms with van der Waals surface area (Å²) in [4.78, 5) is 12.3. The van der Waals surface area contributed by atoms with Gasteiger partial charge in [0.2, 0.25) is 5.91 Å². The Morgan fingerprint density at radius 3 is 2.75 bits per heavy atom. The third-order valence-electron chi connectivity index (χ3n) is 4.21. The number of hydrogen-bond donors (Lipinski definition) is 2. The van der Waals surface area contributed by atoms with Crippen LogP contribution in [0.3, 0.4) is 0 Å². The van der Waals surface area contributed by atoms with Gasteiger partial charge in [0.1, 0.15) is 5.82 Å². The van der Waals surface area contributed by atoms with Gasteiger partial charge in [0.05, 0.1) is 12.0 Å². The minimum absolute atomic E-state index is 0.00863. The summed E-state index contributed by atoms with van der Waals surface area (Å²) in [5.41, 5.74) is 7.41. The fourth-order valence-corrected chi connectivity index (χ4v) is 2.77. The summed E-state index contributed by atoms with van der Waals surface area (Å²) in [7, 11) is 0. The molecule has 1 amide bonds. The van der Waals surface area contributed by atoms with Crippen molar-refractivity contribution in [2.24, 2.45) is 11.7 Å². The van der Waals surface area contributed by atoms with Crippen LogP contribution in [0.5, 0.6) is 0 Å². The molecule has 1 aromatic carbocycles. The summed E-state index contributed by atoms with van der Waals surface area (Å²) < 4.78 is 13.6. The first kappa shape index (κ1) is 15.0. The van der Waals surface area contributed by atoms with Crippen molar-refractivity contribution >= 4 is 5.91 Å². The maximum Gasteiger partial charge on any atom is 0.225 e. The third-order valence-corrected chi connectivity index (χ3v) is 4.21. The molecule has 1 fully saturated rings. The Balaban J connectivity index is 2.01. The van der Waals surface area contributed by atoms with Gasteiger partial charge in [-0.1, -0.05) is 25.0 Å². The van der Waals surface area contributed by atoms with Crippen LogP contribution >= 0.6 is 0 Å². The number of nitrogens with one attached hydrogen (secondary N) is 1.